The summed E-state index contributed by atoms with van der Waals surface area (Å²) in [6, 6.07) is 12.0. The first-order valence-electron chi connectivity index (χ1n) is 10.9. The van der Waals surface area contributed by atoms with Crippen molar-refractivity contribution in [1.82, 2.24) is 15.4 Å². The van der Waals surface area contributed by atoms with Crippen LogP contribution in [0.4, 0.5) is 0 Å². The molecule has 4 rings (SSSR count). The van der Waals surface area contributed by atoms with Crippen molar-refractivity contribution in [3.05, 3.63) is 59.4 Å². The smallest absolute Gasteiger partial charge is 0.209 e. The highest BCUT2D eigenvalue weighted by molar-refractivity contribution is 5.89. The molecular weight excluding hydrogens is 416 g/mol. The molecule has 172 valence electrons. The Kier molecular flexibility index (Phi) is 6.53. The molecule has 5 N–H and O–H groups in total. The van der Waals surface area contributed by atoms with E-state index in [-0.39, 0.29) is 11.9 Å². The number of hydrogen-bond donors (Lipinski definition) is 4. The fourth-order valence-corrected chi connectivity index (χ4v) is 4.05. The minimum Gasteiger partial charge on any atom is -0.497 e. The Bertz CT molecular complexity index is 1320. The summed E-state index contributed by atoms with van der Waals surface area (Å²) in [6.45, 7) is 4.70. The van der Waals surface area contributed by atoms with Crippen molar-refractivity contribution < 1.29 is 9.47 Å². The van der Waals surface area contributed by atoms with Gasteiger partial charge in [0.1, 0.15) is 11.5 Å². The standard InChI is InChI=1S/C25H30N6O2/c1-15(22-14-28-23-7-5-17(32-3)12-21(22)23)13-29-31-25(26)27-10-9-19-16(2)30-24-8-6-18(33-4)11-20(19)24/h5-8,11-15,28,30H,9-10H2,1-4H3,(H3,26,27,31). The Morgan fingerprint density at radius 1 is 1.09 bits per heavy atom. The van der Waals surface area contributed by atoms with Crippen LogP contribution in [0.1, 0.15) is 29.7 Å². The van der Waals surface area contributed by atoms with E-state index in [1.807, 2.05) is 48.8 Å². The highest BCUT2D eigenvalue weighted by atomic mass is 16.5. The van der Waals surface area contributed by atoms with Crippen LogP contribution < -0.4 is 20.6 Å². The third kappa shape index (κ3) is 4.79. The van der Waals surface area contributed by atoms with Crippen LogP contribution >= 0.6 is 0 Å². The number of aryl methyl sites for hydroxylation is 1. The first-order chi connectivity index (χ1) is 16.0. The number of aromatic amines is 2. The minimum absolute atomic E-state index is 0.0787. The number of nitrogens with two attached hydrogens (primary N) is 1. The molecule has 0 saturated carbocycles. The van der Waals surface area contributed by atoms with Gasteiger partial charge in [-0.1, -0.05) is 6.92 Å². The molecular formula is C25H30N6O2. The molecule has 4 aromatic rings. The molecule has 0 aliphatic carbocycles. The van der Waals surface area contributed by atoms with Gasteiger partial charge >= 0.3 is 0 Å². The Morgan fingerprint density at radius 3 is 2.52 bits per heavy atom. The van der Waals surface area contributed by atoms with Crippen LogP contribution in [0, 0.1) is 6.92 Å². The number of aliphatic imine (C=N–C) groups is 1. The first-order valence-corrected chi connectivity index (χ1v) is 10.9. The molecule has 2 aromatic heterocycles. The van der Waals surface area contributed by atoms with Crippen molar-refractivity contribution in [2.75, 3.05) is 20.8 Å². The Morgan fingerprint density at radius 2 is 1.79 bits per heavy atom. The predicted octanol–water partition coefficient (Wildman–Crippen LogP) is 4.21. The number of rotatable bonds is 8. The monoisotopic (exact) mass is 446 g/mol. The van der Waals surface area contributed by atoms with E-state index in [4.69, 9.17) is 15.2 Å². The number of ether oxygens (including phenoxy) is 2. The molecule has 8 nitrogen and oxygen atoms in total. The number of methoxy groups -OCH3 is 2. The quantitative estimate of drug-likeness (QED) is 0.184. The van der Waals surface area contributed by atoms with Crippen LogP contribution in [0.25, 0.3) is 21.8 Å². The van der Waals surface area contributed by atoms with Gasteiger partial charge in [-0.3, -0.25) is 4.99 Å². The summed E-state index contributed by atoms with van der Waals surface area (Å²) in [5.74, 6) is 2.03. The SMILES string of the molecule is COc1ccc2[nH]cc(C(C)C=NNC(N)=NCCc3c(C)[nH]c4ccc(OC)cc34)c2c1. The molecule has 0 fully saturated rings. The van der Waals surface area contributed by atoms with E-state index in [2.05, 4.69) is 39.3 Å². The zero-order valence-electron chi connectivity index (χ0n) is 19.4. The van der Waals surface area contributed by atoms with Gasteiger partial charge in [0.2, 0.25) is 5.96 Å². The van der Waals surface area contributed by atoms with Crippen LogP contribution in [0.3, 0.4) is 0 Å². The zero-order valence-corrected chi connectivity index (χ0v) is 19.4. The molecule has 1 unspecified atom stereocenters. The maximum Gasteiger partial charge on any atom is 0.209 e. The lowest BCUT2D eigenvalue weighted by Crippen LogP contribution is -2.28. The molecule has 33 heavy (non-hydrogen) atoms. The second-order valence-corrected chi connectivity index (χ2v) is 7.99. The topological polar surface area (TPSA) is 113 Å². The zero-order chi connectivity index (χ0) is 23.4. The normalized spacial score (nSPS) is 13.2. The summed E-state index contributed by atoms with van der Waals surface area (Å²) in [5.41, 5.74) is 14.5. The molecule has 8 heteroatoms. The van der Waals surface area contributed by atoms with E-state index in [0.29, 0.717) is 6.54 Å². The molecule has 0 radical (unpaired) electrons. The molecule has 0 saturated heterocycles. The van der Waals surface area contributed by atoms with Crippen LogP contribution in [-0.4, -0.2) is 42.9 Å². The Hall–Kier alpha value is -3.94. The molecule has 0 aliphatic rings. The second kappa shape index (κ2) is 9.68. The molecule has 1 atom stereocenters. The minimum atomic E-state index is 0.0787. The Balaban J connectivity index is 1.37. The van der Waals surface area contributed by atoms with Gasteiger partial charge in [0, 0.05) is 52.4 Å². The van der Waals surface area contributed by atoms with Gasteiger partial charge in [0.05, 0.1) is 14.2 Å². The summed E-state index contributed by atoms with van der Waals surface area (Å²) in [4.78, 5) is 11.1. The van der Waals surface area contributed by atoms with E-state index < -0.39 is 0 Å². The molecule has 2 heterocycles. The van der Waals surface area contributed by atoms with Crippen LogP contribution in [0.5, 0.6) is 11.5 Å². The number of H-pyrrole nitrogens is 2. The van der Waals surface area contributed by atoms with Crippen molar-refractivity contribution in [3.8, 4) is 11.5 Å². The van der Waals surface area contributed by atoms with Gasteiger partial charge < -0.3 is 25.2 Å². The van der Waals surface area contributed by atoms with E-state index >= 15 is 0 Å². The predicted molar refractivity (Wildman–Crippen MR) is 135 cm³/mol. The van der Waals surface area contributed by atoms with E-state index in [1.54, 1.807) is 14.2 Å². The lowest BCUT2D eigenvalue weighted by molar-refractivity contribution is 0.415. The number of aromatic nitrogens is 2. The maximum absolute atomic E-state index is 6.02. The summed E-state index contributed by atoms with van der Waals surface area (Å²) in [6.07, 6.45) is 4.58. The van der Waals surface area contributed by atoms with Crippen LogP contribution in [0.15, 0.2) is 52.7 Å². The Labute approximate surface area is 192 Å². The number of nitrogens with one attached hydrogen (secondary N) is 3. The number of nitrogens with zero attached hydrogens (tertiary/aromatic N) is 2. The van der Waals surface area contributed by atoms with Gasteiger partial charge in [-0.15, -0.1) is 0 Å². The van der Waals surface area contributed by atoms with E-state index in [9.17, 15) is 0 Å². The summed E-state index contributed by atoms with van der Waals surface area (Å²) in [7, 11) is 3.34. The number of benzene rings is 2. The van der Waals surface area contributed by atoms with Crippen molar-refractivity contribution in [2.45, 2.75) is 26.2 Å². The summed E-state index contributed by atoms with van der Waals surface area (Å²) < 4.78 is 10.7. The molecule has 2 aromatic carbocycles. The largest absolute Gasteiger partial charge is 0.497 e. The molecule has 0 bridgehead atoms. The van der Waals surface area contributed by atoms with E-state index in [1.165, 1.54) is 5.56 Å². The van der Waals surface area contributed by atoms with Gasteiger partial charge in [-0.25, -0.2) is 5.43 Å². The third-order valence-corrected chi connectivity index (χ3v) is 5.86. The molecule has 0 amide bonds. The fraction of sp³-hybridized carbons (Fsp3) is 0.280. The van der Waals surface area contributed by atoms with Crippen LogP contribution in [-0.2, 0) is 6.42 Å². The molecule has 0 aliphatic heterocycles. The first kappa shape index (κ1) is 22.3. The van der Waals surface area contributed by atoms with Crippen molar-refractivity contribution in [2.24, 2.45) is 15.8 Å². The fourth-order valence-electron chi connectivity index (χ4n) is 4.05. The highest BCUT2D eigenvalue weighted by Gasteiger charge is 2.11. The van der Waals surface area contributed by atoms with Crippen molar-refractivity contribution in [3.63, 3.8) is 0 Å². The van der Waals surface area contributed by atoms with Crippen molar-refractivity contribution in [1.29, 1.82) is 0 Å². The average Bonchev–Trinajstić information content (AvgIpc) is 3.38. The average molecular weight is 447 g/mol. The second-order valence-electron chi connectivity index (χ2n) is 7.99. The lowest BCUT2D eigenvalue weighted by Gasteiger charge is -2.06. The molecule has 0 spiro atoms. The summed E-state index contributed by atoms with van der Waals surface area (Å²) in [5, 5.41) is 6.54. The lowest BCUT2D eigenvalue weighted by atomic mass is 10.0. The van der Waals surface area contributed by atoms with Gasteiger partial charge in [-0.2, -0.15) is 5.10 Å². The van der Waals surface area contributed by atoms with Gasteiger partial charge in [0.15, 0.2) is 0 Å². The number of hydrogen-bond acceptors (Lipinski definition) is 4. The van der Waals surface area contributed by atoms with Crippen molar-refractivity contribution >= 4 is 34.0 Å². The van der Waals surface area contributed by atoms with E-state index in [0.717, 1.165) is 51.0 Å². The van der Waals surface area contributed by atoms with Gasteiger partial charge in [-0.05, 0) is 60.9 Å². The van der Waals surface area contributed by atoms with Crippen LogP contribution in [0.2, 0.25) is 0 Å². The highest BCUT2D eigenvalue weighted by Crippen LogP contribution is 2.28. The maximum atomic E-state index is 6.02. The number of guanidine groups is 1. The number of fused-ring (bicyclic) bond motifs is 2. The third-order valence-electron chi connectivity index (χ3n) is 5.86. The van der Waals surface area contributed by atoms with Gasteiger partial charge in [0.25, 0.3) is 0 Å². The summed E-state index contributed by atoms with van der Waals surface area (Å²) >= 11 is 0. The number of hydrazone groups is 1.